The molecule has 16 heavy (non-hydrogen) atoms. The first-order valence-corrected chi connectivity index (χ1v) is 5.71. The first kappa shape index (κ1) is 10.9. The van der Waals surface area contributed by atoms with E-state index in [0.29, 0.717) is 6.04 Å². The van der Waals surface area contributed by atoms with Gasteiger partial charge in [0.1, 0.15) is 0 Å². The lowest BCUT2D eigenvalue weighted by Gasteiger charge is -2.17. The van der Waals surface area contributed by atoms with Gasteiger partial charge in [-0.3, -0.25) is 10.1 Å². The van der Waals surface area contributed by atoms with Crippen molar-refractivity contribution in [1.82, 2.24) is 0 Å². The highest BCUT2D eigenvalue weighted by atomic mass is 16.6. The van der Waals surface area contributed by atoms with Crippen molar-refractivity contribution in [2.24, 2.45) is 5.92 Å². The predicted octanol–water partition coefficient (Wildman–Crippen LogP) is 3.20. The van der Waals surface area contributed by atoms with E-state index in [1.54, 1.807) is 12.1 Å². The molecule has 2 rings (SSSR count). The summed E-state index contributed by atoms with van der Waals surface area (Å²) < 4.78 is 0. The number of benzene rings is 1. The van der Waals surface area contributed by atoms with E-state index in [1.165, 1.54) is 18.9 Å². The van der Waals surface area contributed by atoms with Crippen molar-refractivity contribution in [2.75, 3.05) is 5.32 Å². The molecule has 0 aromatic heterocycles. The van der Waals surface area contributed by atoms with Gasteiger partial charge in [-0.25, -0.2) is 0 Å². The van der Waals surface area contributed by atoms with Gasteiger partial charge in [0, 0.05) is 23.9 Å². The Labute approximate surface area is 94.8 Å². The molecular weight excluding hydrogens is 204 g/mol. The molecule has 4 heteroatoms. The zero-order valence-electron chi connectivity index (χ0n) is 9.35. The third-order valence-electron chi connectivity index (χ3n) is 3.04. The van der Waals surface area contributed by atoms with E-state index >= 15 is 0 Å². The zero-order valence-corrected chi connectivity index (χ0v) is 9.35. The van der Waals surface area contributed by atoms with E-state index in [9.17, 15) is 10.1 Å². The van der Waals surface area contributed by atoms with Crippen LogP contribution in [0.25, 0.3) is 0 Å². The molecule has 1 N–H and O–H groups in total. The van der Waals surface area contributed by atoms with Gasteiger partial charge in [0.25, 0.3) is 5.69 Å². The van der Waals surface area contributed by atoms with Crippen LogP contribution in [-0.4, -0.2) is 11.0 Å². The molecule has 0 amide bonds. The second-order valence-corrected chi connectivity index (χ2v) is 4.30. The summed E-state index contributed by atoms with van der Waals surface area (Å²) >= 11 is 0. The molecule has 4 nitrogen and oxygen atoms in total. The van der Waals surface area contributed by atoms with Gasteiger partial charge in [-0.05, 0) is 31.2 Å². The number of non-ortho nitro benzene ring substituents is 1. The Balaban J connectivity index is 2.07. The van der Waals surface area contributed by atoms with Gasteiger partial charge < -0.3 is 5.32 Å². The number of nitrogens with zero attached hydrogens (tertiary/aromatic N) is 1. The van der Waals surface area contributed by atoms with Crippen molar-refractivity contribution in [3.05, 3.63) is 34.4 Å². The Kier molecular flexibility index (Phi) is 3.08. The fourth-order valence-electron chi connectivity index (χ4n) is 1.98. The Hall–Kier alpha value is -1.58. The van der Waals surface area contributed by atoms with Gasteiger partial charge in [0.05, 0.1) is 4.92 Å². The standard InChI is InChI=1S/C12H16N2O2/c1-2-12(9-6-7-9)13-10-4-3-5-11(8-10)14(15)16/h3-5,8-9,12-13H,2,6-7H2,1H3. The molecule has 0 radical (unpaired) electrons. The fourth-order valence-corrected chi connectivity index (χ4v) is 1.98. The number of nitro groups is 1. The average molecular weight is 220 g/mol. The van der Waals surface area contributed by atoms with Crippen molar-refractivity contribution >= 4 is 11.4 Å². The Morgan fingerprint density at radius 1 is 1.56 bits per heavy atom. The van der Waals surface area contributed by atoms with Gasteiger partial charge in [0.2, 0.25) is 0 Å². The maximum Gasteiger partial charge on any atom is 0.271 e. The lowest BCUT2D eigenvalue weighted by Crippen LogP contribution is -2.20. The van der Waals surface area contributed by atoms with Crippen molar-refractivity contribution in [1.29, 1.82) is 0 Å². The molecule has 0 saturated heterocycles. The molecule has 1 aromatic carbocycles. The second kappa shape index (κ2) is 4.51. The van der Waals surface area contributed by atoms with Crippen molar-refractivity contribution in [3.63, 3.8) is 0 Å². The summed E-state index contributed by atoms with van der Waals surface area (Å²) in [7, 11) is 0. The SMILES string of the molecule is CCC(Nc1cccc([N+](=O)[O-])c1)C1CC1. The number of hydrogen-bond donors (Lipinski definition) is 1. The summed E-state index contributed by atoms with van der Waals surface area (Å²) in [5, 5.41) is 14.0. The summed E-state index contributed by atoms with van der Waals surface area (Å²) in [5.41, 5.74) is 1.00. The molecule has 1 fully saturated rings. The third-order valence-corrected chi connectivity index (χ3v) is 3.04. The highest BCUT2D eigenvalue weighted by Crippen LogP contribution is 2.35. The summed E-state index contributed by atoms with van der Waals surface area (Å²) in [6.07, 6.45) is 3.62. The monoisotopic (exact) mass is 220 g/mol. The van der Waals surface area contributed by atoms with Crippen LogP contribution >= 0.6 is 0 Å². The Bertz CT molecular complexity index is 388. The summed E-state index contributed by atoms with van der Waals surface area (Å²) in [4.78, 5) is 10.3. The molecule has 0 spiro atoms. The predicted molar refractivity (Wildman–Crippen MR) is 63.5 cm³/mol. The molecule has 1 aliphatic carbocycles. The lowest BCUT2D eigenvalue weighted by atomic mass is 10.1. The van der Waals surface area contributed by atoms with E-state index in [-0.39, 0.29) is 10.6 Å². The molecule has 1 atom stereocenters. The Morgan fingerprint density at radius 3 is 2.88 bits per heavy atom. The maximum absolute atomic E-state index is 10.6. The van der Waals surface area contributed by atoms with Gasteiger partial charge in [0.15, 0.2) is 0 Å². The topological polar surface area (TPSA) is 55.2 Å². The van der Waals surface area contributed by atoms with Crippen molar-refractivity contribution < 1.29 is 4.92 Å². The van der Waals surface area contributed by atoms with Crippen LogP contribution in [0, 0.1) is 16.0 Å². The minimum atomic E-state index is -0.358. The van der Waals surface area contributed by atoms with E-state index in [4.69, 9.17) is 0 Å². The number of rotatable bonds is 5. The second-order valence-electron chi connectivity index (χ2n) is 4.30. The molecule has 0 aliphatic heterocycles. The number of anilines is 1. The van der Waals surface area contributed by atoms with Crippen molar-refractivity contribution in [3.8, 4) is 0 Å². The van der Waals surface area contributed by atoms with E-state index < -0.39 is 0 Å². The number of hydrogen-bond acceptors (Lipinski definition) is 3. The number of nitro benzene ring substituents is 1. The molecule has 1 unspecified atom stereocenters. The average Bonchev–Trinajstić information content (AvgIpc) is 3.10. The molecular formula is C12H16N2O2. The van der Waals surface area contributed by atoms with Crippen molar-refractivity contribution in [2.45, 2.75) is 32.2 Å². The summed E-state index contributed by atoms with van der Waals surface area (Å²) in [6.45, 7) is 2.15. The van der Waals surface area contributed by atoms with Gasteiger partial charge in [-0.1, -0.05) is 13.0 Å². The van der Waals surface area contributed by atoms with Crippen LogP contribution in [0.4, 0.5) is 11.4 Å². The minimum absolute atomic E-state index is 0.149. The van der Waals surface area contributed by atoms with Crippen LogP contribution in [0.1, 0.15) is 26.2 Å². The molecule has 0 bridgehead atoms. The van der Waals surface area contributed by atoms with Crippen LogP contribution in [0.15, 0.2) is 24.3 Å². The van der Waals surface area contributed by atoms with Crippen LogP contribution in [0.2, 0.25) is 0 Å². The van der Waals surface area contributed by atoms with Crippen LogP contribution < -0.4 is 5.32 Å². The van der Waals surface area contributed by atoms with Gasteiger partial charge >= 0.3 is 0 Å². The van der Waals surface area contributed by atoms with E-state index in [0.717, 1.165) is 18.0 Å². The highest BCUT2D eigenvalue weighted by molar-refractivity contribution is 5.51. The number of nitrogens with one attached hydrogen (secondary N) is 1. The third kappa shape index (κ3) is 2.51. The maximum atomic E-state index is 10.6. The Morgan fingerprint density at radius 2 is 2.31 bits per heavy atom. The minimum Gasteiger partial charge on any atom is -0.382 e. The van der Waals surface area contributed by atoms with Gasteiger partial charge in [-0.15, -0.1) is 0 Å². The summed E-state index contributed by atoms with van der Waals surface area (Å²) in [5.74, 6) is 0.754. The molecule has 1 saturated carbocycles. The molecule has 86 valence electrons. The first-order valence-electron chi connectivity index (χ1n) is 5.71. The van der Waals surface area contributed by atoms with Crippen LogP contribution in [-0.2, 0) is 0 Å². The lowest BCUT2D eigenvalue weighted by molar-refractivity contribution is -0.384. The van der Waals surface area contributed by atoms with Gasteiger partial charge in [-0.2, -0.15) is 0 Å². The molecule has 1 aliphatic rings. The van der Waals surface area contributed by atoms with E-state index in [1.807, 2.05) is 6.07 Å². The van der Waals surface area contributed by atoms with E-state index in [2.05, 4.69) is 12.2 Å². The largest absolute Gasteiger partial charge is 0.382 e. The zero-order chi connectivity index (χ0) is 11.5. The van der Waals surface area contributed by atoms with Crippen LogP contribution in [0.3, 0.4) is 0 Å². The molecule has 0 heterocycles. The van der Waals surface area contributed by atoms with Crippen LogP contribution in [0.5, 0.6) is 0 Å². The summed E-state index contributed by atoms with van der Waals surface area (Å²) in [6, 6.07) is 7.19. The molecule has 1 aromatic rings. The first-order chi connectivity index (χ1) is 7.70. The smallest absolute Gasteiger partial charge is 0.271 e. The quantitative estimate of drug-likeness (QED) is 0.612. The normalized spacial score (nSPS) is 16.8. The highest BCUT2D eigenvalue weighted by Gasteiger charge is 2.29. The fraction of sp³-hybridized carbons (Fsp3) is 0.500.